The van der Waals surface area contributed by atoms with Crippen LogP contribution in [0.15, 0.2) is 23.1 Å². The molecular weight excluding hydrogens is 374 g/mol. The van der Waals surface area contributed by atoms with E-state index in [0.29, 0.717) is 33.8 Å². The minimum absolute atomic E-state index is 0.0319. The van der Waals surface area contributed by atoms with Gasteiger partial charge in [0, 0.05) is 0 Å². The first-order valence-electron chi connectivity index (χ1n) is 8.18. The average Bonchev–Trinajstić information content (AvgIpc) is 2.84. The van der Waals surface area contributed by atoms with Gasteiger partial charge < -0.3 is 14.6 Å². The number of amides is 1. The Morgan fingerprint density at radius 2 is 2.15 bits per heavy atom. The van der Waals surface area contributed by atoms with E-state index in [1.807, 2.05) is 20.8 Å². The van der Waals surface area contributed by atoms with E-state index < -0.39 is 5.97 Å². The van der Waals surface area contributed by atoms with Crippen molar-refractivity contribution in [1.29, 1.82) is 0 Å². The Balaban J connectivity index is 2.11. The zero-order valence-electron chi connectivity index (χ0n) is 14.9. The van der Waals surface area contributed by atoms with Gasteiger partial charge in [-0.2, -0.15) is 0 Å². The van der Waals surface area contributed by atoms with Crippen molar-refractivity contribution in [1.82, 2.24) is 4.90 Å². The maximum Gasteiger partial charge on any atom is 0.326 e. The molecule has 0 aromatic heterocycles. The van der Waals surface area contributed by atoms with Crippen LogP contribution in [0.3, 0.4) is 0 Å². The van der Waals surface area contributed by atoms with E-state index in [2.05, 4.69) is 0 Å². The molecule has 1 N–H and O–H groups in total. The summed E-state index contributed by atoms with van der Waals surface area (Å²) < 4.78 is 10.8. The number of esters is 1. The largest absolute Gasteiger partial charge is 0.504 e. The standard InChI is InChI=1S/C18H21NO5S2/c1-4-23-14-7-12(5-6-13(14)20)8-15-17(22)19(18(25)26-15)9-16(21)24-10-11(2)3/h5-8,11,20H,4,9-10H2,1-3H3/b15-8-. The number of carbonyl (C=O) groups is 2. The van der Waals surface area contributed by atoms with Gasteiger partial charge in [-0.05, 0) is 36.6 Å². The Kier molecular flexibility index (Phi) is 7.05. The van der Waals surface area contributed by atoms with E-state index >= 15 is 0 Å². The van der Waals surface area contributed by atoms with Gasteiger partial charge in [-0.1, -0.05) is 43.9 Å². The van der Waals surface area contributed by atoms with Gasteiger partial charge in [0.1, 0.15) is 10.9 Å². The smallest absolute Gasteiger partial charge is 0.326 e. The molecule has 1 aromatic rings. The summed E-state index contributed by atoms with van der Waals surface area (Å²) in [5.41, 5.74) is 0.689. The van der Waals surface area contributed by atoms with Crippen LogP contribution in [0.1, 0.15) is 26.3 Å². The number of phenolic OH excluding ortho intramolecular Hbond substituents is 1. The molecule has 1 aliphatic heterocycles. The molecule has 0 aliphatic carbocycles. The van der Waals surface area contributed by atoms with Crippen LogP contribution >= 0.6 is 24.0 Å². The van der Waals surface area contributed by atoms with Crippen LogP contribution in [0, 0.1) is 5.92 Å². The molecule has 1 heterocycles. The molecule has 6 nitrogen and oxygen atoms in total. The van der Waals surface area contributed by atoms with Crippen LogP contribution in [0.4, 0.5) is 0 Å². The zero-order valence-corrected chi connectivity index (χ0v) is 16.5. The van der Waals surface area contributed by atoms with Crippen molar-refractivity contribution in [2.24, 2.45) is 5.92 Å². The maximum absolute atomic E-state index is 12.5. The van der Waals surface area contributed by atoms with Gasteiger partial charge in [-0.15, -0.1) is 0 Å². The first kappa shape index (κ1) is 20.3. The Morgan fingerprint density at radius 3 is 2.81 bits per heavy atom. The van der Waals surface area contributed by atoms with Crippen molar-refractivity contribution < 1.29 is 24.2 Å². The molecule has 1 saturated heterocycles. The summed E-state index contributed by atoms with van der Waals surface area (Å²) in [7, 11) is 0. The molecule has 0 unspecified atom stereocenters. The minimum Gasteiger partial charge on any atom is -0.504 e. The van der Waals surface area contributed by atoms with Crippen LogP contribution in [0.25, 0.3) is 6.08 Å². The Morgan fingerprint density at radius 1 is 1.42 bits per heavy atom. The highest BCUT2D eigenvalue weighted by Gasteiger charge is 2.33. The van der Waals surface area contributed by atoms with Crippen LogP contribution in [-0.4, -0.2) is 46.0 Å². The number of benzene rings is 1. The van der Waals surface area contributed by atoms with Crippen molar-refractivity contribution >= 4 is 46.3 Å². The molecule has 26 heavy (non-hydrogen) atoms. The number of thiocarbonyl (C=S) groups is 1. The molecule has 0 bridgehead atoms. The molecule has 1 aliphatic rings. The summed E-state index contributed by atoms with van der Waals surface area (Å²) in [6.45, 7) is 6.20. The second kappa shape index (κ2) is 9.05. The lowest BCUT2D eigenvalue weighted by Gasteiger charge is -2.14. The van der Waals surface area contributed by atoms with Gasteiger partial charge in [0.25, 0.3) is 5.91 Å². The fourth-order valence-corrected chi connectivity index (χ4v) is 3.37. The summed E-state index contributed by atoms with van der Waals surface area (Å²) in [4.78, 5) is 26.0. The van der Waals surface area contributed by atoms with Crippen molar-refractivity contribution in [2.45, 2.75) is 20.8 Å². The molecule has 140 valence electrons. The SMILES string of the molecule is CCOc1cc(/C=C2\SC(=S)N(CC(=O)OCC(C)C)C2=O)ccc1O. The Hall–Kier alpha value is -2.06. The normalized spacial score (nSPS) is 15.8. The number of rotatable bonds is 7. The third kappa shape index (κ3) is 5.22. The highest BCUT2D eigenvalue weighted by atomic mass is 32.2. The molecule has 1 fully saturated rings. The summed E-state index contributed by atoms with van der Waals surface area (Å²) in [6, 6.07) is 4.81. The van der Waals surface area contributed by atoms with Crippen LogP contribution in [0.2, 0.25) is 0 Å². The molecule has 8 heteroatoms. The predicted molar refractivity (Wildman–Crippen MR) is 105 cm³/mol. The quantitative estimate of drug-likeness (QED) is 0.432. The zero-order chi connectivity index (χ0) is 19.3. The Labute approximate surface area is 162 Å². The number of carbonyl (C=O) groups excluding carboxylic acids is 2. The average molecular weight is 396 g/mol. The molecule has 1 amide bonds. The summed E-state index contributed by atoms with van der Waals surface area (Å²) >= 11 is 6.33. The van der Waals surface area contributed by atoms with Crippen molar-refractivity contribution in [3.8, 4) is 11.5 Å². The van der Waals surface area contributed by atoms with Crippen LogP contribution in [-0.2, 0) is 14.3 Å². The molecule has 1 aromatic carbocycles. The lowest BCUT2D eigenvalue weighted by atomic mass is 10.2. The van der Waals surface area contributed by atoms with Gasteiger partial charge in [0.15, 0.2) is 11.5 Å². The van der Waals surface area contributed by atoms with Crippen LogP contribution < -0.4 is 4.74 Å². The number of thioether (sulfide) groups is 1. The molecule has 0 saturated carbocycles. The van der Waals surface area contributed by atoms with E-state index in [1.54, 1.807) is 18.2 Å². The number of hydrogen-bond acceptors (Lipinski definition) is 7. The van der Waals surface area contributed by atoms with E-state index in [9.17, 15) is 14.7 Å². The number of ether oxygens (including phenoxy) is 2. The first-order valence-corrected chi connectivity index (χ1v) is 9.41. The third-order valence-electron chi connectivity index (χ3n) is 3.32. The second-order valence-corrected chi connectivity index (χ2v) is 7.68. The fourth-order valence-electron chi connectivity index (χ4n) is 2.11. The number of hydrogen-bond donors (Lipinski definition) is 1. The fraction of sp³-hybridized carbons (Fsp3) is 0.389. The molecular formula is C18H21NO5S2. The van der Waals surface area contributed by atoms with E-state index in [1.165, 1.54) is 11.0 Å². The van der Waals surface area contributed by atoms with Gasteiger partial charge in [0.05, 0.1) is 18.1 Å². The topological polar surface area (TPSA) is 76.1 Å². The molecule has 0 radical (unpaired) electrons. The summed E-state index contributed by atoms with van der Waals surface area (Å²) in [5.74, 6) is -0.232. The Bertz CT molecular complexity index is 745. The van der Waals surface area contributed by atoms with Gasteiger partial charge in [-0.25, -0.2) is 0 Å². The number of phenols is 1. The molecule has 0 spiro atoms. The molecule has 0 atom stereocenters. The highest BCUT2D eigenvalue weighted by Crippen LogP contribution is 2.34. The van der Waals surface area contributed by atoms with Crippen molar-refractivity contribution in [2.75, 3.05) is 19.8 Å². The monoisotopic (exact) mass is 395 g/mol. The summed E-state index contributed by atoms with van der Waals surface area (Å²) in [5, 5.41) is 9.75. The summed E-state index contributed by atoms with van der Waals surface area (Å²) in [6.07, 6.45) is 1.65. The lowest BCUT2D eigenvalue weighted by molar-refractivity contribution is -0.147. The van der Waals surface area contributed by atoms with E-state index in [-0.39, 0.29) is 24.1 Å². The van der Waals surface area contributed by atoms with Crippen LogP contribution in [0.5, 0.6) is 11.5 Å². The molecule has 2 rings (SSSR count). The minimum atomic E-state index is -0.487. The van der Waals surface area contributed by atoms with Gasteiger partial charge >= 0.3 is 5.97 Å². The van der Waals surface area contributed by atoms with Crippen molar-refractivity contribution in [3.63, 3.8) is 0 Å². The van der Waals surface area contributed by atoms with Crippen molar-refractivity contribution in [3.05, 3.63) is 28.7 Å². The number of aromatic hydroxyl groups is 1. The van der Waals surface area contributed by atoms with E-state index in [4.69, 9.17) is 21.7 Å². The highest BCUT2D eigenvalue weighted by molar-refractivity contribution is 8.26. The second-order valence-electron chi connectivity index (χ2n) is 6.00. The van der Waals surface area contributed by atoms with Gasteiger partial charge in [0.2, 0.25) is 0 Å². The number of nitrogens with zero attached hydrogens (tertiary/aromatic N) is 1. The lowest BCUT2D eigenvalue weighted by Crippen LogP contribution is -2.34. The predicted octanol–water partition coefficient (Wildman–Crippen LogP) is 3.19. The van der Waals surface area contributed by atoms with Gasteiger partial charge in [-0.3, -0.25) is 14.5 Å². The van der Waals surface area contributed by atoms with E-state index in [0.717, 1.165) is 11.8 Å². The third-order valence-corrected chi connectivity index (χ3v) is 4.70. The first-order chi connectivity index (χ1) is 12.3. The maximum atomic E-state index is 12.5.